The molecule has 0 aliphatic carbocycles. The van der Waals surface area contributed by atoms with Gasteiger partial charge in [0.15, 0.2) is 5.78 Å². The lowest BCUT2D eigenvalue weighted by Crippen LogP contribution is -1.94. The molecule has 1 aromatic heterocycles. The highest BCUT2D eigenvalue weighted by Crippen LogP contribution is 2.40. The first-order chi connectivity index (χ1) is 9.84. The second-order valence-electron chi connectivity index (χ2n) is 4.93. The molecule has 3 heteroatoms. The number of hydrogen-bond donors (Lipinski definition) is 0. The molecule has 2 aromatic carbocycles. The number of aryl methyl sites for hydroxylation is 1. The third kappa shape index (κ3) is 1.70. The van der Waals surface area contributed by atoms with E-state index in [1.807, 2.05) is 30.3 Å². The maximum Gasteiger partial charge on any atom is 0.182 e. The molecular formula is C17H13NOS. The number of aromatic nitrogens is 1. The van der Waals surface area contributed by atoms with Gasteiger partial charge in [-0.2, -0.15) is 0 Å². The zero-order valence-electron chi connectivity index (χ0n) is 10.9. The van der Waals surface area contributed by atoms with Crippen LogP contribution in [0.15, 0.2) is 64.4 Å². The van der Waals surface area contributed by atoms with E-state index in [2.05, 4.69) is 28.8 Å². The van der Waals surface area contributed by atoms with Crippen molar-refractivity contribution in [2.45, 2.75) is 22.8 Å². The molecule has 0 bridgehead atoms. The third-order valence-electron chi connectivity index (χ3n) is 3.71. The SMILES string of the molecule is O=C1CCn2c1c(Sc1ccccc1)c1ccccc12. The predicted octanol–water partition coefficient (Wildman–Crippen LogP) is 4.38. The minimum Gasteiger partial charge on any atom is -0.337 e. The van der Waals surface area contributed by atoms with Crippen LogP contribution in [0.3, 0.4) is 0 Å². The van der Waals surface area contributed by atoms with Gasteiger partial charge in [-0.3, -0.25) is 4.79 Å². The molecule has 0 saturated carbocycles. The lowest BCUT2D eigenvalue weighted by atomic mass is 10.2. The van der Waals surface area contributed by atoms with E-state index in [1.54, 1.807) is 11.8 Å². The summed E-state index contributed by atoms with van der Waals surface area (Å²) in [6.45, 7) is 0.810. The quantitative estimate of drug-likeness (QED) is 0.694. The van der Waals surface area contributed by atoms with Crippen LogP contribution in [0.2, 0.25) is 0 Å². The number of para-hydroxylation sites is 1. The van der Waals surface area contributed by atoms with Crippen molar-refractivity contribution in [1.29, 1.82) is 0 Å². The summed E-state index contributed by atoms with van der Waals surface area (Å²) in [5.41, 5.74) is 2.06. The summed E-state index contributed by atoms with van der Waals surface area (Å²) in [4.78, 5) is 14.5. The summed E-state index contributed by atoms with van der Waals surface area (Å²) in [7, 11) is 0. The summed E-state index contributed by atoms with van der Waals surface area (Å²) in [5.74, 6) is 0.264. The van der Waals surface area contributed by atoms with Crippen LogP contribution in [0.5, 0.6) is 0 Å². The Kier molecular flexibility index (Phi) is 2.67. The van der Waals surface area contributed by atoms with Crippen LogP contribution < -0.4 is 0 Å². The molecule has 0 radical (unpaired) electrons. The average Bonchev–Trinajstić information content (AvgIpc) is 3.01. The van der Waals surface area contributed by atoms with Gasteiger partial charge in [-0.1, -0.05) is 48.2 Å². The van der Waals surface area contributed by atoms with Crippen LogP contribution in [0.4, 0.5) is 0 Å². The van der Waals surface area contributed by atoms with Gasteiger partial charge in [-0.15, -0.1) is 0 Å². The number of rotatable bonds is 2. The number of fused-ring (bicyclic) bond motifs is 3. The molecule has 0 unspecified atom stereocenters. The zero-order valence-corrected chi connectivity index (χ0v) is 11.7. The number of benzene rings is 2. The third-order valence-corrected chi connectivity index (χ3v) is 4.84. The van der Waals surface area contributed by atoms with Gasteiger partial charge >= 0.3 is 0 Å². The largest absolute Gasteiger partial charge is 0.337 e. The topological polar surface area (TPSA) is 22.0 Å². The Balaban J connectivity index is 1.94. The first-order valence-corrected chi connectivity index (χ1v) is 7.53. The van der Waals surface area contributed by atoms with Crippen LogP contribution >= 0.6 is 11.8 Å². The van der Waals surface area contributed by atoms with E-state index >= 15 is 0 Å². The molecule has 0 atom stereocenters. The van der Waals surface area contributed by atoms with Crippen molar-refractivity contribution in [2.75, 3.05) is 0 Å². The number of nitrogens with zero attached hydrogens (tertiary/aromatic N) is 1. The molecule has 0 spiro atoms. The number of ketones is 1. The van der Waals surface area contributed by atoms with E-state index in [0.717, 1.165) is 17.1 Å². The minimum atomic E-state index is 0.264. The monoisotopic (exact) mass is 279 g/mol. The molecule has 1 aliphatic rings. The Hall–Kier alpha value is -2.00. The van der Waals surface area contributed by atoms with Crippen molar-refractivity contribution < 1.29 is 4.79 Å². The fraction of sp³-hybridized carbons (Fsp3) is 0.118. The summed E-state index contributed by atoms with van der Waals surface area (Å²) < 4.78 is 2.17. The van der Waals surface area contributed by atoms with E-state index < -0.39 is 0 Å². The molecule has 2 heterocycles. The maximum absolute atomic E-state index is 12.2. The van der Waals surface area contributed by atoms with Crippen LogP contribution in [-0.4, -0.2) is 10.4 Å². The molecule has 1 aliphatic heterocycles. The van der Waals surface area contributed by atoms with Gasteiger partial charge in [0, 0.05) is 33.7 Å². The summed E-state index contributed by atoms with van der Waals surface area (Å²) in [6, 6.07) is 18.5. The van der Waals surface area contributed by atoms with E-state index in [-0.39, 0.29) is 5.78 Å². The van der Waals surface area contributed by atoms with Gasteiger partial charge in [0.05, 0.1) is 5.69 Å². The Morgan fingerprint density at radius 2 is 1.70 bits per heavy atom. The lowest BCUT2D eigenvalue weighted by Gasteiger charge is -2.02. The summed E-state index contributed by atoms with van der Waals surface area (Å²) in [5, 5.41) is 1.18. The summed E-state index contributed by atoms with van der Waals surface area (Å²) >= 11 is 1.69. The van der Waals surface area contributed by atoms with E-state index in [4.69, 9.17) is 0 Å². The first kappa shape index (κ1) is 11.8. The van der Waals surface area contributed by atoms with Crippen LogP contribution in [0.25, 0.3) is 10.9 Å². The van der Waals surface area contributed by atoms with Crippen molar-refractivity contribution in [3.05, 3.63) is 60.3 Å². The van der Waals surface area contributed by atoms with Gasteiger partial charge < -0.3 is 4.57 Å². The minimum absolute atomic E-state index is 0.264. The molecule has 98 valence electrons. The molecule has 4 rings (SSSR count). The Labute approximate surface area is 121 Å². The van der Waals surface area contributed by atoms with Crippen molar-refractivity contribution in [2.24, 2.45) is 0 Å². The number of Topliss-reactive ketones (excluding diaryl/α,β-unsaturated/α-hetero) is 1. The van der Waals surface area contributed by atoms with E-state index in [0.29, 0.717) is 6.42 Å². The highest BCUT2D eigenvalue weighted by molar-refractivity contribution is 7.99. The van der Waals surface area contributed by atoms with Crippen molar-refractivity contribution >= 4 is 28.4 Å². The van der Waals surface area contributed by atoms with Gasteiger partial charge in [0.25, 0.3) is 0 Å². The van der Waals surface area contributed by atoms with Gasteiger partial charge in [-0.25, -0.2) is 0 Å². The molecule has 0 saturated heterocycles. The maximum atomic E-state index is 12.2. The molecule has 20 heavy (non-hydrogen) atoms. The zero-order chi connectivity index (χ0) is 13.5. The van der Waals surface area contributed by atoms with Crippen molar-refractivity contribution in [1.82, 2.24) is 4.57 Å². The molecular weight excluding hydrogens is 266 g/mol. The number of carbonyl (C=O) groups excluding carboxylic acids is 1. The van der Waals surface area contributed by atoms with Crippen LogP contribution in [0.1, 0.15) is 16.9 Å². The fourth-order valence-corrected chi connectivity index (χ4v) is 3.95. The highest BCUT2D eigenvalue weighted by atomic mass is 32.2. The Morgan fingerprint density at radius 3 is 2.55 bits per heavy atom. The number of carbonyl (C=O) groups is 1. The second kappa shape index (κ2) is 4.53. The van der Waals surface area contributed by atoms with E-state index in [9.17, 15) is 4.79 Å². The van der Waals surface area contributed by atoms with Gasteiger partial charge in [-0.05, 0) is 18.2 Å². The average molecular weight is 279 g/mol. The molecule has 0 fully saturated rings. The standard InChI is InChI=1S/C17H13NOS/c19-15-10-11-18-14-9-5-4-8-13(14)17(16(15)18)20-12-6-2-1-3-7-12/h1-9H,10-11H2. The second-order valence-corrected chi connectivity index (χ2v) is 6.02. The van der Waals surface area contributed by atoms with Crippen LogP contribution in [0, 0.1) is 0 Å². The lowest BCUT2D eigenvalue weighted by molar-refractivity contribution is 0.0992. The van der Waals surface area contributed by atoms with Crippen molar-refractivity contribution in [3.63, 3.8) is 0 Å². The fourth-order valence-electron chi connectivity index (χ4n) is 2.82. The predicted molar refractivity (Wildman–Crippen MR) is 81.5 cm³/mol. The summed E-state index contributed by atoms with van der Waals surface area (Å²) in [6.07, 6.45) is 0.627. The van der Waals surface area contributed by atoms with E-state index in [1.165, 1.54) is 15.8 Å². The van der Waals surface area contributed by atoms with Gasteiger partial charge in [0.1, 0.15) is 0 Å². The molecule has 2 nitrogen and oxygen atoms in total. The molecule has 0 amide bonds. The van der Waals surface area contributed by atoms with Crippen molar-refractivity contribution in [3.8, 4) is 0 Å². The normalized spacial score (nSPS) is 13.9. The smallest absolute Gasteiger partial charge is 0.182 e. The van der Waals surface area contributed by atoms with Gasteiger partial charge in [0.2, 0.25) is 0 Å². The molecule has 3 aromatic rings. The molecule has 0 N–H and O–H groups in total. The Bertz CT molecular complexity index is 804. The first-order valence-electron chi connectivity index (χ1n) is 6.72. The highest BCUT2D eigenvalue weighted by Gasteiger charge is 2.27. The Morgan fingerprint density at radius 1 is 0.950 bits per heavy atom. The number of hydrogen-bond acceptors (Lipinski definition) is 2. The van der Waals surface area contributed by atoms with Crippen LogP contribution in [-0.2, 0) is 6.54 Å².